The third-order valence-corrected chi connectivity index (χ3v) is 4.07. The van der Waals surface area contributed by atoms with E-state index < -0.39 is 6.04 Å². The van der Waals surface area contributed by atoms with Crippen molar-refractivity contribution in [2.24, 2.45) is 0 Å². The van der Waals surface area contributed by atoms with Crippen molar-refractivity contribution in [3.05, 3.63) is 64.7 Å². The molecule has 0 aliphatic carbocycles. The minimum Gasteiger partial charge on any atom is -0.349 e. The van der Waals surface area contributed by atoms with Crippen LogP contribution < -0.4 is 10.2 Å². The molecule has 0 fully saturated rings. The molecule has 2 amide bonds. The average Bonchev–Trinajstić information content (AvgIpc) is 2.80. The van der Waals surface area contributed by atoms with E-state index >= 15 is 0 Å². The van der Waals surface area contributed by atoms with Crippen LogP contribution >= 0.6 is 11.6 Å². The molecule has 5 heteroatoms. The van der Waals surface area contributed by atoms with Gasteiger partial charge in [0.15, 0.2) is 0 Å². The highest BCUT2D eigenvalue weighted by atomic mass is 35.5. The summed E-state index contributed by atoms with van der Waals surface area (Å²) in [5.74, 6) is -0.377. The number of carbonyl (C=O) groups is 2. The van der Waals surface area contributed by atoms with Crippen LogP contribution in [0.4, 0.5) is 5.69 Å². The van der Waals surface area contributed by atoms with Gasteiger partial charge in [-0.1, -0.05) is 29.8 Å². The highest BCUT2D eigenvalue weighted by Gasteiger charge is 2.42. The summed E-state index contributed by atoms with van der Waals surface area (Å²) in [6.45, 7) is 5.75. The van der Waals surface area contributed by atoms with E-state index in [9.17, 15) is 9.59 Å². The molecule has 1 aliphatic rings. The number of anilines is 1. The lowest BCUT2D eigenvalue weighted by molar-refractivity contribution is -0.123. The molecule has 0 aromatic heterocycles. The molecule has 2 aromatic rings. The monoisotopic (exact) mass is 342 g/mol. The summed E-state index contributed by atoms with van der Waals surface area (Å²) in [6, 6.07) is 13.5. The van der Waals surface area contributed by atoms with Gasteiger partial charge < -0.3 is 5.32 Å². The molecule has 1 aliphatic heterocycles. The van der Waals surface area contributed by atoms with Crippen LogP contribution in [0.15, 0.2) is 48.5 Å². The zero-order chi connectivity index (χ0) is 17.5. The summed E-state index contributed by atoms with van der Waals surface area (Å²) >= 11 is 5.95. The molecule has 0 radical (unpaired) electrons. The van der Waals surface area contributed by atoms with Crippen molar-refractivity contribution in [3.8, 4) is 0 Å². The second-order valence-electron chi connectivity index (χ2n) is 6.88. The fourth-order valence-electron chi connectivity index (χ4n) is 2.88. The SMILES string of the molecule is CC(C)(C)NC(=O)[C@@H]1c2ccccc2C(=O)N1c1ccc(Cl)cc1. The maximum atomic E-state index is 12.9. The Kier molecular flexibility index (Phi) is 4.10. The van der Waals surface area contributed by atoms with Crippen molar-refractivity contribution < 1.29 is 9.59 Å². The quantitative estimate of drug-likeness (QED) is 0.898. The zero-order valence-electron chi connectivity index (χ0n) is 13.8. The molecular formula is C19H19ClN2O2. The Labute approximate surface area is 146 Å². The Morgan fingerprint density at radius 1 is 1.08 bits per heavy atom. The lowest BCUT2D eigenvalue weighted by Gasteiger charge is -2.28. The van der Waals surface area contributed by atoms with E-state index in [1.54, 1.807) is 36.4 Å². The van der Waals surface area contributed by atoms with Gasteiger partial charge in [0.25, 0.3) is 5.91 Å². The van der Waals surface area contributed by atoms with Gasteiger partial charge in [-0.3, -0.25) is 14.5 Å². The first-order valence-corrected chi connectivity index (χ1v) is 8.16. The highest BCUT2D eigenvalue weighted by Crippen LogP contribution is 2.38. The fourth-order valence-corrected chi connectivity index (χ4v) is 3.01. The second kappa shape index (κ2) is 5.95. The van der Waals surface area contributed by atoms with Crippen molar-refractivity contribution >= 4 is 29.1 Å². The lowest BCUT2D eigenvalue weighted by atomic mass is 10.0. The van der Waals surface area contributed by atoms with Gasteiger partial charge in [-0.05, 0) is 56.7 Å². The van der Waals surface area contributed by atoms with E-state index in [1.165, 1.54) is 4.90 Å². The first-order valence-electron chi connectivity index (χ1n) is 7.78. The van der Waals surface area contributed by atoms with Crippen LogP contribution in [0.2, 0.25) is 5.02 Å². The summed E-state index contributed by atoms with van der Waals surface area (Å²) in [7, 11) is 0. The maximum Gasteiger partial charge on any atom is 0.259 e. The van der Waals surface area contributed by atoms with Crippen LogP contribution in [-0.4, -0.2) is 17.4 Å². The standard InChI is InChI=1S/C19H19ClN2O2/c1-19(2,3)21-17(23)16-14-6-4-5-7-15(14)18(24)22(16)13-10-8-12(20)9-11-13/h4-11,16H,1-3H3,(H,21,23)/t16-/m0/s1. The van der Waals surface area contributed by atoms with Gasteiger partial charge in [0.05, 0.1) is 0 Å². The van der Waals surface area contributed by atoms with Gasteiger partial charge in [-0.25, -0.2) is 0 Å². The van der Waals surface area contributed by atoms with Gasteiger partial charge in [0, 0.05) is 21.8 Å². The van der Waals surface area contributed by atoms with Crippen LogP contribution in [0, 0.1) is 0 Å². The largest absolute Gasteiger partial charge is 0.349 e. The molecule has 0 bridgehead atoms. The second-order valence-corrected chi connectivity index (χ2v) is 7.32. The third-order valence-electron chi connectivity index (χ3n) is 3.81. The summed E-state index contributed by atoms with van der Waals surface area (Å²) in [4.78, 5) is 27.3. The molecule has 4 nitrogen and oxygen atoms in total. The van der Waals surface area contributed by atoms with Crippen molar-refractivity contribution in [3.63, 3.8) is 0 Å². The number of hydrogen-bond acceptors (Lipinski definition) is 2. The number of rotatable bonds is 2. The maximum absolute atomic E-state index is 12.9. The Morgan fingerprint density at radius 3 is 2.33 bits per heavy atom. The van der Waals surface area contributed by atoms with Crippen LogP contribution in [0.25, 0.3) is 0 Å². The van der Waals surface area contributed by atoms with Crippen LogP contribution in [0.3, 0.4) is 0 Å². The summed E-state index contributed by atoms with van der Waals surface area (Å²) in [5, 5.41) is 3.56. The van der Waals surface area contributed by atoms with E-state index in [4.69, 9.17) is 11.6 Å². The van der Waals surface area contributed by atoms with Gasteiger partial charge in [-0.2, -0.15) is 0 Å². The predicted molar refractivity (Wildman–Crippen MR) is 95.3 cm³/mol. The number of halogens is 1. The van der Waals surface area contributed by atoms with E-state index in [0.717, 1.165) is 5.56 Å². The van der Waals surface area contributed by atoms with Gasteiger partial charge in [-0.15, -0.1) is 0 Å². The fraction of sp³-hybridized carbons (Fsp3) is 0.263. The van der Waals surface area contributed by atoms with E-state index in [-0.39, 0.29) is 17.4 Å². The van der Waals surface area contributed by atoms with Crippen LogP contribution in [0.5, 0.6) is 0 Å². The van der Waals surface area contributed by atoms with Crippen LogP contribution in [-0.2, 0) is 4.79 Å². The number of fused-ring (bicyclic) bond motifs is 1. The molecule has 1 heterocycles. The topological polar surface area (TPSA) is 49.4 Å². The molecule has 0 saturated carbocycles. The molecule has 24 heavy (non-hydrogen) atoms. The Hall–Kier alpha value is -2.33. The minimum absolute atomic E-state index is 0.179. The smallest absolute Gasteiger partial charge is 0.259 e. The van der Waals surface area contributed by atoms with Crippen LogP contribution in [0.1, 0.15) is 42.7 Å². The molecule has 3 rings (SSSR count). The molecular weight excluding hydrogens is 324 g/mol. The van der Waals surface area contributed by atoms with E-state index in [2.05, 4.69) is 5.32 Å². The average molecular weight is 343 g/mol. The van der Waals surface area contributed by atoms with Gasteiger partial charge >= 0.3 is 0 Å². The normalized spacial score (nSPS) is 16.9. The Balaban J connectivity index is 2.07. The van der Waals surface area contributed by atoms with Crippen molar-refractivity contribution in [2.75, 3.05) is 4.90 Å². The molecule has 2 aromatic carbocycles. The number of amides is 2. The number of nitrogens with one attached hydrogen (secondary N) is 1. The summed E-state index contributed by atoms with van der Waals surface area (Å²) in [5.41, 5.74) is 1.54. The molecule has 0 unspecified atom stereocenters. The molecule has 0 saturated heterocycles. The number of hydrogen-bond donors (Lipinski definition) is 1. The first-order chi connectivity index (χ1) is 11.3. The molecule has 124 valence electrons. The predicted octanol–water partition coefficient (Wildman–Crippen LogP) is 3.96. The lowest BCUT2D eigenvalue weighted by Crippen LogP contribution is -2.47. The first kappa shape index (κ1) is 16.5. The Bertz CT molecular complexity index is 794. The third kappa shape index (κ3) is 3.02. The van der Waals surface area contributed by atoms with Crippen molar-refractivity contribution in [2.45, 2.75) is 32.4 Å². The Morgan fingerprint density at radius 2 is 1.71 bits per heavy atom. The van der Waals surface area contributed by atoms with Gasteiger partial charge in [0.2, 0.25) is 5.91 Å². The minimum atomic E-state index is -0.686. The number of nitrogens with zero attached hydrogens (tertiary/aromatic N) is 1. The zero-order valence-corrected chi connectivity index (χ0v) is 14.6. The van der Waals surface area contributed by atoms with E-state index in [0.29, 0.717) is 16.3 Å². The van der Waals surface area contributed by atoms with Crippen molar-refractivity contribution in [1.82, 2.24) is 5.32 Å². The number of carbonyl (C=O) groups excluding carboxylic acids is 2. The van der Waals surface area contributed by atoms with Crippen molar-refractivity contribution in [1.29, 1.82) is 0 Å². The molecule has 1 N–H and O–H groups in total. The van der Waals surface area contributed by atoms with E-state index in [1.807, 2.05) is 32.9 Å². The highest BCUT2D eigenvalue weighted by molar-refractivity contribution is 6.30. The molecule has 0 spiro atoms. The molecule has 1 atom stereocenters. The summed E-state index contributed by atoms with van der Waals surface area (Å²) < 4.78 is 0. The van der Waals surface area contributed by atoms with Gasteiger partial charge in [0.1, 0.15) is 6.04 Å². The summed E-state index contributed by atoms with van der Waals surface area (Å²) in [6.07, 6.45) is 0. The number of benzene rings is 2.